The zero-order valence-corrected chi connectivity index (χ0v) is 10.9. The van der Waals surface area contributed by atoms with Gasteiger partial charge in [0.05, 0.1) is 5.01 Å². The number of hydrogen-bond donors (Lipinski definition) is 1. The zero-order valence-electron chi connectivity index (χ0n) is 10.1. The molecular formula is C14H18N2S. The molecule has 0 radical (unpaired) electrons. The molecule has 0 saturated heterocycles. The van der Waals surface area contributed by atoms with E-state index >= 15 is 0 Å². The van der Waals surface area contributed by atoms with Crippen LogP contribution >= 0.6 is 11.3 Å². The van der Waals surface area contributed by atoms with Crippen molar-refractivity contribution in [3.63, 3.8) is 0 Å². The van der Waals surface area contributed by atoms with Gasteiger partial charge in [-0.05, 0) is 25.3 Å². The highest BCUT2D eigenvalue weighted by atomic mass is 32.1. The van der Waals surface area contributed by atoms with Crippen LogP contribution in [0.15, 0.2) is 35.8 Å². The Morgan fingerprint density at radius 1 is 1.41 bits per heavy atom. The molecule has 0 amide bonds. The molecule has 0 saturated carbocycles. The highest BCUT2D eigenvalue weighted by Gasteiger charge is 2.06. The first kappa shape index (κ1) is 12.3. The largest absolute Gasteiger partial charge is 0.327 e. The summed E-state index contributed by atoms with van der Waals surface area (Å²) < 4.78 is 0. The summed E-state index contributed by atoms with van der Waals surface area (Å²) in [5.74, 6) is 0. The van der Waals surface area contributed by atoms with Crippen molar-refractivity contribution in [3.05, 3.63) is 52.0 Å². The molecule has 2 rings (SSSR count). The van der Waals surface area contributed by atoms with Gasteiger partial charge in [-0.3, -0.25) is 0 Å². The van der Waals surface area contributed by atoms with Crippen molar-refractivity contribution in [2.45, 2.75) is 32.2 Å². The van der Waals surface area contributed by atoms with Gasteiger partial charge < -0.3 is 5.73 Å². The summed E-state index contributed by atoms with van der Waals surface area (Å²) >= 11 is 1.68. The van der Waals surface area contributed by atoms with Gasteiger partial charge in [0.2, 0.25) is 0 Å². The van der Waals surface area contributed by atoms with E-state index in [1.807, 2.05) is 11.6 Å². The fourth-order valence-electron chi connectivity index (χ4n) is 1.90. The molecule has 90 valence electrons. The first-order valence-corrected chi connectivity index (χ1v) is 6.81. The van der Waals surface area contributed by atoms with Crippen molar-refractivity contribution in [1.82, 2.24) is 4.98 Å². The molecule has 3 heteroatoms. The van der Waals surface area contributed by atoms with Crippen molar-refractivity contribution in [1.29, 1.82) is 0 Å². The van der Waals surface area contributed by atoms with Crippen LogP contribution in [0.1, 0.15) is 22.6 Å². The van der Waals surface area contributed by atoms with E-state index in [-0.39, 0.29) is 6.04 Å². The molecule has 1 heterocycles. The Hall–Kier alpha value is -1.19. The van der Waals surface area contributed by atoms with Crippen LogP contribution < -0.4 is 5.73 Å². The maximum Gasteiger partial charge on any atom is 0.0940 e. The third-order valence-electron chi connectivity index (χ3n) is 2.81. The maximum absolute atomic E-state index is 6.12. The minimum absolute atomic E-state index is 0.210. The lowest BCUT2D eigenvalue weighted by atomic mass is 10.0. The highest BCUT2D eigenvalue weighted by molar-refractivity contribution is 7.09. The molecule has 0 aliphatic carbocycles. The summed E-state index contributed by atoms with van der Waals surface area (Å²) in [5, 5.41) is 3.14. The molecule has 2 aromatic rings. The Morgan fingerprint density at radius 2 is 2.29 bits per heavy atom. The molecule has 1 atom stereocenters. The number of rotatable bonds is 5. The Balaban J connectivity index is 1.82. The molecule has 0 fully saturated rings. The van der Waals surface area contributed by atoms with Gasteiger partial charge in [-0.15, -0.1) is 11.3 Å². The summed E-state index contributed by atoms with van der Waals surface area (Å²) in [6.45, 7) is 2.12. The van der Waals surface area contributed by atoms with E-state index in [9.17, 15) is 0 Å². The molecule has 2 N–H and O–H groups in total. The number of nitrogens with zero attached hydrogens (tertiary/aromatic N) is 1. The van der Waals surface area contributed by atoms with Crippen molar-refractivity contribution in [2.24, 2.45) is 5.73 Å². The average Bonchev–Trinajstić information content (AvgIpc) is 2.79. The lowest BCUT2D eigenvalue weighted by molar-refractivity contribution is 0.608. The first-order valence-electron chi connectivity index (χ1n) is 5.93. The van der Waals surface area contributed by atoms with E-state index in [1.54, 1.807) is 11.3 Å². The van der Waals surface area contributed by atoms with Crippen LogP contribution in [0, 0.1) is 6.92 Å². The van der Waals surface area contributed by atoms with E-state index in [0.29, 0.717) is 0 Å². The van der Waals surface area contributed by atoms with Crippen LogP contribution in [-0.2, 0) is 12.8 Å². The molecule has 17 heavy (non-hydrogen) atoms. The fourth-order valence-corrected chi connectivity index (χ4v) is 2.61. The molecule has 1 unspecified atom stereocenters. The van der Waals surface area contributed by atoms with Gasteiger partial charge in [-0.25, -0.2) is 4.98 Å². The first-order chi connectivity index (χ1) is 8.24. The second-order valence-electron chi connectivity index (χ2n) is 4.42. The minimum atomic E-state index is 0.210. The third-order valence-corrected chi connectivity index (χ3v) is 3.61. The summed E-state index contributed by atoms with van der Waals surface area (Å²) in [7, 11) is 0. The third kappa shape index (κ3) is 3.95. The molecule has 2 nitrogen and oxygen atoms in total. The molecule has 1 aromatic carbocycles. The van der Waals surface area contributed by atoms with Crippen LogP contribution in [0.4, 0.5) is 0 Å². The summed E-state index contributed by atoms with van der Waals surface area (Å²) in [5.41, 5.74) is 8.81. The maximum atomic E-state index is 6.12. The molecule has 0 aliphatic heterocycles. The minimum Gasteiger partial charge on any atom is -0.327 e. The number of benzene rings is 1. The number of nitrogens with two attached hydrogens (primary N) is 1. The summed E-state index contributed by atoms with van der Waals surface area (Å²) in [4.78, 5) is 4.26. The van der Waals surface area contributed by atoms with Gasteiger partial charge in [0, 0.05) is 24.0 Å². The predicted molar refractivity (Wildman–Crippen MR) is 73.3 cm³/mol. The molecule has 0 spiro atoms. The normalized spacial score (nSPS) is 12.6. The number of hydrogen-bond acceptors (Lipinski definition) is 3. The van der Waals surface area contributed by atoms with E-state index in [1.165, 1.54) is 11.1 Å². The fraction of sp³-hybridized carbons (Fsp3) is 0.357. The second-order valence-corrected chi connectivity index (χ2v) is 5.40. The highest BCUT2D eigenvalue weighted by Crippen LogP contribution is 2.11. The second kappa shape index (κ2) is 5.94. The lowest BCUT2D eigenvalue weighted by Crippen LogP contribution is -2.23. The van der Waals surface area contributed by atoms with E-state index in [0.717, 1.165) is 24.3 Å². The zero-order chi connectivity index (χ0) is 12.1. The van der Waals surface area contributed by atoms with Crippen molar-refractivity contribution < 1.29 is 0 Å². The van der Waals surface area contributed by atoms with Crippen molar-refractivity contribution in [2.75, 3.05) is 0 Å². The van der Waals surface area contributed by atoms with Gasteiger partial charge in [0.25, 0.3) is 0 Å². The summed E-state index contributed by atoms with van der Waals surface area (Å²) in [6.07, 6.45) is 4.80. The Kier molecular flexibility index (Phi) is 4.29. The molecule has 0 aliphatic rings. The van der Waals surface area contributed by atoms with Crippen LogP contribution in [0.2, 0.25) is 0 Å². The van der Waals surface area contributed by atoms with Gasteiger partial charge >= 0.3 is 0 Å². The standard InChI is InChI=1S/C14H18N2S/c1-11-3-2-4-12(9-11)5-6-13(15)10-14-16-7-8-17-14/h2-4,7-9,13H,5-6,10,15H2,1H3. The van der Waals surface area contributed by atoms with Gasteiger partial charge in [-0.2, -0.15) is 0 Å². The average molecular weight is 246 g/mol. The molecule has 1 aromatic heterocycles. The number of aryl methyl sites for hydroxylation is 2. The predicted octanol–water partition coefficient (Wildman–Crippen LogP) is 2.95. The molecule has 0 bridgehead atoms. The topological polar surface area (TPSA) is 38.9 Å². The van der Waals surface area contributed by atoms with E-state index < -0.39 is 0 Å². The smallest absolute Gasteiger partial charge is 0.0940 e. The van der Waals surface area contributed by atoms with E-state index in [2.05, 4.69) is 36.2 Å². The van der Waals surface area contributed by atoms with Crippen LogP contribution in [0.25, 0.3) is 0 Å². The quantitative estimate of drug-likeness (QED) is 0.881. The number of aromatic nitrogens is 1. The Bertz CT molecular complexity index is 451. The van der Waals surface area contributed by atoms with Gasteiger partial charge in [0.1, 0.15) is 0 Å². The SMILES string of the molecule is Cc1cccc(CCC(N)Cc2nccs2)c1. The van der Waals surface area contributed by atoms with Crippen molar-refractivity contribution in [3.8, 4) is 0 Å². The van der Waals surface area contributed by atoms with Gasteiger partial charge in [-0.1, -0.05) is 29.8 Å². The lowest BCUT2D eigenvalue weighted by Gasteiger charge is -2.10. The van der Waals surface area contributed by atoms with Crippen LogP contribution in [0.3, 0.4) is 0 Å². The number of thiazole rings is 1. The Morgan fingerprint density at radius 3 is 3.00 bits per heavy atom. The monoisotopic (exact) mass is 246 g/mol. The summed E-state index contributed by atoms with van der Waals surface area (Å²) in [6, 6.07) is 8.84. The van der Waals surface area contributed by atoms with Crippen molar-refractivity contribution >= 4 is 11.3 Å². The Labute approximate surface area is 107 Å². The van der Waals surface area contributed by atoms with Gasteiger partial charge in [0.15, 0.2) is 0 Å². The van der Waals surface area contributed by atoms with Crippen LogP contribution in [0.5, 0.6) is 0 Å². The van der Waals surface area contributed by atoms with Crippen LogP contribution in [-0.4, -0.2) is 11.0 Å². The molecular weight excluding hydrogens is 228 g/mol. The van der Waals surface area contributed by atoms with E-state index in [4.69, 9.17) is 5.73 Å².